The number of hydrogen-bond acceptors (Lipinski definition) is 3. The molecule has 0 spiro atoms. The fourth-order valence-electron chi connectivity index (χ4n) is 1.45. The molecule has 0 aliphatic heterocycles. The Kier molecular flexibility index (Phi) is 3.18. The van der Waals surface area contributed by atoms with E-state index >= 15 is 0 Å². The van der Waals surface area contributed by atoms with E-state index in [0.717, 1.165) is 5.56 Å². The molecule has 2 rings (SSSR count). The first kappa shape index (κ1) is 12.0. The van der Waals surface area contributed by atoms with Crippen molar-refractivity contribution in [3.8, 4) is 0 Å². The minimum absolute atomic E-state index is 0.115. The molecule has 0 radical (unpaired) electrons. The van der Waals surface area contributed by atoms with Gasteiger partial charge in [0.05, 0.1) is 5.69 Å². The number of nitrogens with zero attached hydrogens (tertiary/aromatic N) is 3. The minimum Gasteiger partial charge on any atom is -0.476 e. The van der Waals surface area contributed by atoms with Crippen LogP contribution in [0, 0.1) is 5.82 Å². The Labute approximate surface area is 102 Å². The number of benzene rings is 1. The molecule has 0 fully saturated rings. The van der Waals surface area contributed by atoms with Gasteiger partial charge in [-0.2, -0.15) is 0 Å². The third kappa shape index (κ3) is 2.42. The number of aromatic nitrogens is 3. The number of aryl methyl sites for hydroxylation is 1. The second kappa shape index (κ2) is 4.79. The number of carboxylic acids is 1. The SMILES string of the molecule is Cn1nnc(C(=O)O)c1/C=C/c1ccc(F)cc1. The maximum absolute atomic E-state index is 12.7. The van der Waals surface area contributed by atoms with Crippen LogP contribution in [-0.2, 0) is 7.05 Å². The molecule has 0 unspecified atom stereocenters. The second-order valence-corrected chi connectivity index (χ2v) is 3.64. The number of rotatable bonds is 3. The molecule has 18 heavy (non-hydrogen) atoms. The molecule has 2 aromatic rings. The van der Waals surface area contributed by atoms with Crippen LogP contribution in [0.4, 0.5) is 4.39 Å². The van der Waals surface area contributed by atoms with E-state index in [0.29, 0.717) is 5.69 Å². The van der Waals surface area contributed by atoms with Gasteiger partial charge in [0.1, 0.15) is 5.82 Å². The maximum Gasteiger partial charge on any atom is 0.358 e. The summed E-state index contributed by atoms with van der Waals surface area (Å²) in [5.74, 6) is -1.46. The smallest absolute Gasteiger partial charge is 0.358 e. The van der Waals surface area contributed by atoms with Crippen molar-refractivity contribution in [3.63, 3.8) is 0 Å². The zero-order valence-corrected chi connectivity index (χ0v) is 9.54. The van der Waals surface area contributed by atoms with Gasteiger partial charge in [0, 0.05) is 7.05 Å². The Bertz CT molecular complexity index is 602. The summed E-state index contributed by atoms with van der Waals surface area (Å²) in [6.07, 6.45) is 3.25. The Hall–Kier alpha value is -2.50. The van der Waals surface area contributed by atoms with Crippen molar-refractivity contribution in [1.82, 2.24) is 15.0 Å². The number of hydrogen-bond donors (Lipinski definition) is 1. The normalized spacial score (nSPS) is 11.0. The number of halogens is 1. The van der Waals surface area contributed by atoms with Crippen LogP contribution < -0.4 is 0 Å². The summed E-state index contributed by atoms with van der Waals surface area (Å²) in [5.41, 5.74) is 1.02. The van der Waals surface area contributed by atoms with Gasteiger partial charge in [0.2, 0.25) is 0 Å². The lowest BCUT2D eigenvalue weighted by Crippen LogP contribution is -2.01. The zero-order valence-electron chi connectivity index (χ0n) is 9.54. The quantitative estimate of drug-likeness (QED) is 0.898. The molecule has 1 aromatic carbocycles. The first-order valence-electron chi connectivity index (χ1n) is 5.14. The molecule has 6 heteroatoms. The highest BCUT2D eigenvalue weighted by atomic mass is 19.1. The minimum atomic E-state index is -1.14. The van der Waals surface area contributed by atoms with Gasteiger partial charge in [-0.25, -0.2) is 13.9 Å². The summed E-state index contributed by atoms with van der Waals surface area (Å²) in [6, 6.07) is 5.85. The molecular formula is C12H10FN3O2. The van der Waals surface area contributed by atoms with Gasteiger partial charge in [-0.15, -0.1) is 5.10 Å². The third-order valence-corrected chi connectivity index (χ3v) is 2.38. The van der Waals surface area contributed by atoms with Crippen LogP contribution in [0.25, 0.3) is 12.2 Å². The average Bonchev–Trinajstić information content (AvgIpc) is 2.70. The highest BCUT2D eigenvalue weighted by molar-refractivity contribution is 5.90. The lowest BCUT2D eigenvalue weighted by molar-refractivity contribution is 0.0690. The topological polar surface area (TPSA) is 68.0 Å². The summed E-state index contributed by atoms with van der Waals surface area (Å²) in [7, 11) is 1.60. The molecular weight excluding hydrogens is 237 g/mol. The summed E-state index contributed by atoms with van der Waals surface area (Å²) >= 11 is 0. The molecule has 0 aliphatic carbocycles. The van der Waals surface area contributed by atoms with Crippen molar-refractivity contribution < 1.29 is 14.3 Å². The predicted octanol–water partition coefficient (Wildman–Crippen LogP) is 1.82. The Balaban J connectivity index is 2.31. The molecule has 0 saturated carbocycles. The van der Waals surface area contributed by atoms with Gasteiger partial charge in [-0.1, -0.05) is 23.4 Å². The van der Waals surface area contributed by atoms with Gasteiger partial charge in [-0.05, 0) is 23.8 Å². The number of carbonyl (C=O) groups is 1. The molecule has 1 N–H and O–H groups in total. The Morgan fingerprint density at radius 1 is 1.33 bits per heavy atom. The van der Waals surface area contributed by atoms with Crippen molar-refractivity contribution in [2.75, 3.05) is 0 Å². The molecule has 0 bridgehead atoms. The van der Waals surface area contributed by atoms with Crippen LogP contribution >= 0.6 is 0 Å². The van der Waals surface area contributed by atoms with E-state index in [9.17, 15) is 9.18 Å². The van der Waals surface area contributed by atoms with Crippen LogP contribution in [0.2, 0.25) is 0 Å². The number of aromatic carboxylic acids is 1. The van der Waals surface area contributed by atoms with E-state index in [1.165, 1.54) is 16.8 Å². The lowest BCUT2D eigenvalue weighted by atomic mass is 10.2. The molecule has 5 nitrogen and oxygen atoms in total. The fourth-order valence-corrected chi connectivity index (χ4v) is 1.45. The van der Waals surface area contributed by atoms with Gasteiger partial charge >= 0.3 is 5.97 Å². The van der Waals surface area contributed by atoms with Crippen molar-refractivity contribution in [3.05, 3.63) is 47.0 Å². The first-order chi connectivity index (χ1) is 8.58. The molecule has 0 amide bonds. The van der Waals surface area contributed by atoms with Crippen LogP contribution in [0.3, 0.4) is 0 Å². The van der Waals surface area contributed by atoms with Gasteiger partial charge in [0.25, 0.3) is 0 Å². The van der Waals surface area contributed by atoms with Crippen LogP contribution in [0.1, 0.15) is 21.7 Å². The van der Waals surface area contributed by atoms with E-state index in [4.69, 9.17) is 5.11 Å². The van der Waals surface area contributed by atoms with Crippen molar-refractivity contribution >= 4 is 18.1 Å². The standard InChI is InChI=1S/C12H10FN3O2/c1-16-10(11(12(17)18)14-15-16)7-4-8-2-5-9(13)6-3-8/h2-7H,1H3,(H,17,18)/b7-4+. The molecule has 0 atom stereocenters. The fraction of sp³-hybridized carbons (Fsp3) is 0.0833. The van der Waals surface area contributed by atoms with Crippen molar-refractivity contribution in [2.24, 2.45) is 7.05 Å². The van der Waals surface area contributed by atoms with E-state index < -0.39 is 5.97 Å². The third-order valence-electron chi connectivity index (χ3n) is 2.38. The first-order valence-corrected chi connectivity index (χ1v) is 5.14. The van der Waals surface area contributed by atoms with Crippen LogP contribution in [0.15, 0.2) is 24.3 Å². The lowest BCUT2D eigenvalue weighted by Gasteiger charge is -1.96. The molecule has 0 aliphatic rings. The summed E-state index contributed by atoms with van der Waals surface area (Å²) < 4.78 is 14.1. The van der Waals surface area contributed by atoms with Crippen molar-refractivity contribution in [1.29, 1.82) is 0 Å². The molecule has 1 aromatic heterocycles. The van der Waals surface area contributed by atoms with Gasteiger partial charge in [0.15, 0.2) is 5.69 Å². The molecule has 1 heterocycles. The zero-order chi connectivity index (χ0) is 13.1. The molecule has 92 valence electrons. The highest BCUT2D eigenvalue weighted by Crippen LogP contribution is 2.11. The maximum atomic E-state index is 12.7. The van der Waals surface area contributed by atoms with E-state index in [1.54, 1.807) is 31.3 Å². The monoisotopic (exact) mass is 247 g/mol. The highest BCUT2D eigenvalue weighted by Gasteiger charge is 2.14. The predicted molar refractivity (Wildman–Crippen MR) is 63.3 cm³/mol. The summed E-state index contributed by atoms with van der Waals surface area (Å²) in [6.45, 7) is 0. The average molecular weight is 247 g/mol. The number of carboxylic acid groups (broad SMARTS) is 1. The van der Waals surface area contributed by atoms with Crippen LogP contribution in [0.5, 0.6) is 0 Å². The van der Waals surface area contributed by atoms with Crippen molar-refractivity contribution in [2.45, 2.75) is 0 Å². The largest absolute Gasteiger partial charge is 0.476 e. The van der Waals surface area contributed by atoms with E-state index in [1.807, 2.05) is 0 Å². The van der Waals surface area contributed by atoms with E-state index in [2.05, 4.69) is 10.3 Å². The van der Waals surface area contributed by atoms with E-state index in [-0.39, 0.29) is 11.5 Å². The summed E-state index contributed by atoms with van der Waals surface area (Å²) in [4.78, 5) is 10.9. The Morgan fingerprint density at radius 2 is 2.00 bits per heavy atom. The van der Waals surface area contributed by atoms with Gasteiger partial charge in [-0.3, -0.25) is 0 Å². The molecule has 0 saturated heterocycles. The second-order valence-electron chi connectivity index (χ2n) is 3.64. The van der Waals surface area contributed by atoms with Gasteiger partial charge < -0.3 is 5.11 Å². The van der Waals surface area contributed by atoms with Crippen LogP contribution in [-0.4, -0.2) is 26.1 Å². The summed E-state index contributed by atoms with van der Waals surface area (Å²) in [5, 5.41) is 16.1. The Morgan fingerprint density at radius 3 is 2.61 bits per heavy atom.